The van der Waals surface area contributed by atoms with Crippen LogP contribution in [-0.2, 0) is 4.79 Å². The summed E-state index contributed by atoms with van der Waals surface area (Å²) in [5.74, 6) is 0.162. The van der Waals surface area contributed by atoms with Crippen molar-refractivity contribution in [2.45, 2.75) is 39.7 Å². The number of amides is 1. The van der Waals surface area contributed by atoms with Crippen LogP contribution < -0.4 is 5.32 Å². The number of carbonyl (C=O) groups is 1. The molecule has 3 unspecified atom stereocenters. The Balaban J connectivity index is 1.88. The van der Waals surface area contributed by atoms with Gasteiger partial charge in [-0.15, -0.1) is 0 Å². The number of benzene rings is 1. The molecule has 0 heterocycles. The monoisotopic (exact) mass is 279 g/mol. The number of rotatable bonds is 4. The largest absolute Gasteiger partial charge is 0.393 e. The summed E-state index contributed by atoms with van der Waals surface area (Å²) >= 11 is 0. The van der Waals surface area contributed by atoms with Crippen molar-refractivity contribution in [3.05, 3.63) is 30.1 Å². The Bertz CT molecular complexity index is 482. The highest BCUT2D eigenvalue weighted by molar-refractivity contribution is 5.90. The van der Waals surface area contributed by atoms with Crippen molar-refractivity contribution < 1.29 is 14.3 Å². The van der Waals surface area contributed by atoms with E-state index in [4.69, 9.17) is 0 Å². The molecule has 20 heavy (non-hydrogen) atoms. The summed E-state index contributed by atoms with van der Waals surface area (Å²) < 4.78 is 12.8. The maximum atomic E-state index is 12.8. The number of hydrogen-bond donors (Lipinski definition) is 2. The molecule has 3 nitrogen and oxygen atoms in total. The highest BCUT2D eigenvalue weighted by Crippen LogP contribution is 2.54. The fourth-order valence-corrected chi connectivity index (χ4v) is 3.19. The lowest BCUT2D eigenvalue weighted by atomic mass is 9.52. The predicted octanol–water partition coefficient (Wildman–Crippen LogP) is 3.20. The molecule has 1 aromatic carbocycles. The van der Waals surface area contributed by atoms with Gasteiger partial charge in [-0.05, 0) is 54.9 Å². The maximum Gasteiger partial charge on any atom is 0.224 e. The van der Waals surface area contributed by atoms with Crippen molar-refractivity contribution in [3.8, 4) is 0 Å². The van der Waals surface area contributed by atoms with Crippen LogP contribution in [0.1, 0.15) is 33.6 Å². The Morgan fingerprint density at radius 1 is 1.45 bits per heavy atom. The Hall–Kier alpha value is -1.42. The maximum absolute atomic E-state index is 12.8. The molecule has 1 fully saturated rings. The second kappa shape index (κ2) is 5.52. The van der Waals surface area contributed by atoms with E-state index < -0.39 is 0 Å². The van der Waals surface area contributed by atoms with Crippen molar-refractivity contribution in [1.29, 1.82) is 0 Å². The molecule has 2 rings (SSSR count). The van der Waals surface area contributed by atoms with E-state index in [1.165, 1.54) is 12.1 Å². The topological polar surface area (TPSA) is 49.3 Å². The number of halogens is 1. The molecule has 1 aromatic rings. The normalized spacial score (nSPS) is 25.6. The molecule has 0 bridgehead atoms. The minimum atomic E-state index is -0.332. The van der Waals surface area contributed by atoms with Crippen LogP contribution in [0.2, 0.25) is 0 Å². The van der Waals surface area contributed by atoms with Gasteiger partial charge in [0.15, 0.2) is 0 Å². The molecule has 0 aromatic heterocycles. The van der Waals surface area contributed by atoms with Crippen LogP contribution in [0, 0.1) is 23.1 Å². The van der Waals surface area contributed by atoms with Crippen molar-refractivity contribution in [2.24, 2.45) is 17.3 Å². The third kappa shape index (κ3) is 3.01. The third-order valence-corrected chi connectivity index (χ3v) is 4.69. The third-order valence-electron chi connectivity index (χ3n) is 4.69. The van der Waals surface area contributed by atoms with E-state index in [-0.39, 0.29) is 35.1 Å². The van der Waals surface area contributed by atoms with E-state index in [0.29, 0.717) is 12.1 Å². The average Bonchev–Trinajstić information content (AvgIpc) is 2.36. The van der Waals surface area contributed by atoms with Crippen LogP contribution in [-0.4, -0.2) is 17.1 Å². The van der Waals surface area contributed by atoms with Gasteiger partial charge in [0.2, 0.25) is 5.91 Å². The van der Waals surface area contributed by atoms with Crippen LogP contribution in [0.4, 0.5) is 10.1 Å². The summed E-state index contributed by atoms with van der Waals surface area (Å²) in [6.07, 6.45) is 0.983. The van der Waals surface area contributed by atoms with Gasteiger partial charge in [0.05, 0.1) is 6.10 Å². The van der Waals surface area contributed by atoms with E-state index in [1.807, 2.05) is 0 Å². The van der Waals surface area contributed by atoms with Crippen LogP contribution in [0.5, 0.6) is 0 Å². The van der Waals surface area contributed by atoms with Crippen LogP contribution >= 0.6 is 0 Å². The SMILES string of the molecule is CC(O)C1CC(CC(=O)Nc2ccc(F)cc2)C1(C)C. The molecule has 1 saturated carbocycles. The first-order chi connectivity index (χ1) is 9.30. The fraction of sp³-hybridized carbons (Fsp3) is 0.562. The second-order valence-corrected chi connectivity index (χ2v) is 6.36. The quantitative estimate of drug-likeness (QED) is 0.889. The molecule has 0 spiro atoms. The number of aliphatic hydroxyl groups is 1. The van der Waals surface area contributed by atoms with Gasteiger partial charge in [-0.1, -0.05) is 13.8 Å². The van der Waals surface area contributed by atoms with Gasteiger partial charge in [0, 0.05) is 12.1 Å². The second-order valence-electron chi connectivity index (χ2n) is 6.36. The highest BCUT2D eigenvalue weighted by Gasteiger charge is 2.50. The Kier molecular flexibility index (Phi) is 4.14. The van der Waals surface area contributed by atoms with E-state index in [1.54, 1.807) is 19.1 Å². The van der Waals surface area contributed by atoms with Gasteiger partial charge in [0.25, 0.3) is 0 Å². The lowest BCUT2D eigenvalue weighted by Gasteiger charge is -2.53. The van der Waals surface area contributed by atoms with Gasteiger partial charge >= 0.3 is 0 Å². The first-order valence-corrected chi connectivity index (χ1v) is 7.04. The standard InChI is InChI=1S/C16H22FNO2/c1-10(19)14-8-11(16(14,2)3)9-15(20)18-13-6-4-12(17)5-7-13/h4-7,10-11,14,19H,8-9H2,1-3H3,(H,18,20). The van der Waals surface area contributed by atoms with E-state index in [9.17, 15) is 14.3 Å². The molecule has 110 valence electrons. The molecule has 1 aliphatic carbocycles. The molecule has 0 saturated heterocycles. The summed E-state index contributed by atoms with van der Waals surface area (Å²) in [6, 6.07) is 5.76. The van der Waals surface area contributed by atoms with Gasteiger partial charge < -0.3 is 10.4 Å². The van der Waals surface area contributed by atoms with Gasteiger partial charge in [-0.2, -0.15) is 0 Å². The van der Waals surface area contributed by atoms with Crippen LogP contribution in [0.15, 0.2) is 24.3 Å². The fourth-order valence-electron chi connectivity index (χ4n) is 3.19. The Labute approximate surface area is 119 Å². The molecule has 1 amide bonds. The zero-order chi connectivity index (χ0) is 14.9. The van der Waals surface area contributed by atoms with Gasteiger partial charge in [-0.25, -0.2) is 4.39 Å². The van der Waals surface area contributed by atoms with Crippen LogP contribution in [0.3, 0.4) is 0 Å². The Morgan fingerprint density at radius 2 is 2.05 bits per heavy atom. The zero-order valence-corrected chi connectivity index (χ0v) is 12.2. The van der Waals surface area contributed by atoms with Crippen molar-refractivity contribution in [1.82, 2.24) is 0 Å². The smallest absolute Gasteiger partial charge is 0.224 e. The summed E-state index contributed by atoms with van der Waals surface area (Å²) in [6.45, 7) is 6.01. The number of carbonyl (C=O) groups excluding carboxylic acids is 1. The minimum absolute atomic E-state index is 0.0195. The van der Waals surface area contributed by atoms with E-state index >= 15 is 0 Å². The lowest BCUT2D eigenvalue weighted by Crippen LogP contribution is -2.50. The van der Waals surface area contributed by atoms with E-state index in [0.717, 1.165) is 6.42 Å². The van der Waals surface area contributed by atoms with E-state index in [2.05, 4.69) is 19.2 Å². The number of aliphatic hydroxyl groups excluding tert-OH is 1. The molecule has 1 aliphatic rings. The molecular formula is C16H22FNO2. The molecule has 3 atom stereocenters. The average molecular weight is 279 g/mol. The molecule has 0 radical (unpaired) electrons. The minimum Gasteiger partial charge on any atom is -0.393 e. The molecular weight excluding hydrogens is 257 g/mol. The molecule has 4 heteroatoms. The first-order valence-electron chi connectivity index (χ1n) is 7.04. The van der Waals surface area contributed by atoms with Crippen molar-refractivity contribution in [2.75, 3.05) is 5.32 Å². The summed E-state index contributed by atoms with van der Waals surface area (Å²) in [7, 11) is 0. The lowest BCUT2D eigenvalue weighted by molar-refractivity contribution is -0.127. The van der Waals surface area contributed by atoms with Crippen molar-refractivity contribution in [3.63, 3.8) is 0 Å². The molecule has 2 N–H and O–H groups in total. The molecule has 0 aliphatic heterocycles. The number of anilines is 1. The van der Waals surface area contributed by atoms with Gasteiger partial charge in [-0.3, -0.25) is 4.79 Å². The summed E-state index contributed by atoms with van der Waals surface area (Å²) in [5.41, 5.74) is 0.592. The number of nitrogens with one attached hydrogen (secondary N) is 1. The summed E-state index contributed by atoms with van der Waals surface area (Å²) in [4.78, 5) is 12.0. The first kappa shape index (κ1) is 15.0. The number of hydrogen-bond acceptors (Lipinski definition) is 2. The highest BCUT2D eigenvalue weighted by atomic mass is 19.1. The zero-order valence-electron chi connectivity index (χ0n) is 12.2. The summed E-state index contributed by atoms with van der Waals surface area (Å²) in [5, 5.41) is 12.5. The van der Waals surface area contributed by atoms with Crippen LogP contribution in [0.25, 0.3) is 0 Å². The predicted molar refractivity (Wildman–Crippen MR) is 76.7 cm³/mol. The van der Waals surface area contributed by atoms with Crippen molar-refractivity contribution >= 4 is 11.6 Å². The van der Waals surface area contributed by atoms with Gasteiger partial charge in [0.1, 0.15) is 5.82 Å². The Morgan fingerprint density at radius 3 is 2.55 bits per heavy atom.